The lowest BCUT2D eigenvalue weighted by Gasteiger charge is -2.28. The quantitative estimate of drug-likeness (QED) is 0.897. The molecule has 0 bridgehead atoms. The third kappa shape index (κ3) is 3.80. The Kier molecular flexibility index (Phi) is 4.94. The SMILES string of the molecule is Cc1cc(C(=O)NCC2CCCCC2C(=O)O)ccc1F. The molecule has 4 nitrogen and oxygen atoms in total. The monoisotopic (exact) mass is 293 g/mol. The van der Waals surface area contributed by atoms with Crippen LogP contribution in [0.5, 0.6) is 0 Å². The summed E-state index contributed by atoms with van der Waals surface area (Å²) in [4.78, 5) is 23.3. The summed E-state index contributed by atoms with van der Waals surface area (Å²) in [5, 5.41) is 12.0. The molecular formula is C16H20FNO3. The van der Waals surface area contributed by atoms with E-state index in [-0.39, 0.29) is 23.6 Å². The molecule has 2 N–H and O–H groups in total. The molecule has 2 rings (SSSR count). The fourth-order valence-corrected chi connectivity index (χ4v) is 2.89. The van der Waals surface area contributed by atoms with Crippen LogP contribution in [0.4, 0.5) is 4.39 Å². The van der Waals surface area contributed by atoms with Crippen molar-refractivity contribution in [3.05, 3.63) is 35.1 Å². The number of hydrogen-bond donors (Lipinski definition) is 2. The highest BCUT2D eigenvalue weighted by atomic mass is 19.1. The van der Waals surface area contributed by atoms with Crippen LogP contribution in [-0.2, 0) is 4.79 Å². The molecular weight excluding hydrogens is 273 g/mol. The molecule has 1 aliphatic rings. The van der Waals surface area contributed by atoms with Crippen LogP contribution in [0.15, 0.2) is 18.2 Å². The molecule has 21 heavy (non-hydrogen) atoms. The Morgan fingerprint density at radius 1 is 1.33 bits per heavy atom. The summed E-state index contributed by atoms with van der Waals surface area (Å²) < 4.78 is 13.2. The summed E-state index contributed by atoms with van der Waals surface area (Å²) in [6.45, 7) is 1.96. The lowest BCUT2D eigenvalue weighted by Crippen LogP contribution is -2.37. The van der Waals surface area contributed by atoms with Crippen molar-refractivity contribution < 1.29 is 19.1 Å². The molecule has 1 aromatic rings. The van der Waals surface area contributed by atoms with E-state index in [2.05, 4.69) is 5.32 Å². The highest BCUT2D eigenvalue weighted by molar-refractivity contribution is 5.94. The fraction of sp³-hybridized carbons (Fsp3) is 0.500. The summed E-state index contributed by atoms with van der Waals surface area (Å²) >= 11 is 0. The number of rotatable bonds is 4. The molecule has 1 fully saturated rings. The van der Waals surface area contributed by atoms with E-state index in [1.807, 2.05) is 0 Å². The van der Waals surface area contributed by atoms with Gasteiger partial charge in [0.1, 0.15) is 5.82 Å². The molecule has 1 aromatic carbocycles. The Labute approximate surface area is 123 Å². The van der Waals surface area contributed by atoms with Gasteiger partial charge in [0.05, 0.1) is 5.92 Å². The minimum Gasteiger partial charge on any atom is -0.481 e. The molecule has 114 valence electrons. The molecule has 0 aliphatic heterocycles. The first-order valence-electron chi connectivity index (χ1n) is 7.26. The van der Waals surface area contributed by atoms with Crippen molar-refractivity contribution >= 4 is 11.9 Å². The van der Waals surface area contributed by atoms with Gasteiger partial charge >= 0.3 is 5.97 Å². The van der Waals surface area contributed by atoms with Crippen molar-refractivity contribution in [1.82, 2.24) is 5.32 Å². The highest BCUT2D eigenvalue weighted by Crippen LogP contribution is 2.29. The molecule has 0 saturated heterocycles. The smallest absolute Gasteiger partial charge is 0.306 e. The first-order chi connectivity index (χ1) is 9.99. The molecule has 1 saturated carbocycles. The molecule has 2 unspecified atom stereocenters. The minimum atomic E-state index is -0.786. The van der Waals surface area contributed by atoms with Crippen LogP contribution in [0.1, 0.15) is 41.6 Å². The lowest BCUT2D eigenvalue weighted by molar-refractivity contribution is -0.144. The maximum Gasteiger partial charge on any atom is 0.306 e. The number of hydrogen-bond acceptors (Lipinski definition) is 2. The van der Waals surface area contributed by atoms with E-state index >= 15 is 0 Å². The third-order valence-electron chi connectivity index (χ3n) is 4.17. The van der Waals surface area contributed by atoms with E-state index in [9.17, 15) is 19.1 Å². The normalized spacial score (nSPS) is 21.8. The van der Waals surface area contributed by atoms with Crippen LogP contribution in [0.2, 0.25) is 0 Å². The Hall–Kier alpha value is -1.91. The van der Waals surface area contributed by atoms with E-state index in [0.717, 1.165) is 19.3 Å². The highest BCUT2D eigenvalue weighted by Gasteiger charge is 2.30. The predicted octanol–water partition coefficient (Wildman–Crippen LogP) is 2.75. The van der Waals surface area contributed by atoms with E-state index in [4.69, 9.17) is 0 Å². The molecule has 0 radical (unpaired) electrons. The van der Waals surface area contributed by atoms with Gasteiger partial charge in [0.2, 0.25) is 0 Å². The standard InChI is InChI=1S/C16H20FNO3/c1-10-8-11(6-7-14(10)17)15(19)18-9-12-4-2-3-5-13(12)16(20)21/h6-8,12-13H,2-5,9H2,1H3,(H,18,19)(H,20,21). The van der Waals surface area contributed by atoms with Crippen molar-refractivity contribution in [1.29, 1.82) is 0 Å². The van der Waals surface area contributed by atoms with Crippen molar-refractivity contribution in [2.24, 2.45) is 11.8 Å². The third-order valence-corrected chi connectivity index (χ3v) is 4.17. The van der Waals surface area contributed by atoms with Gasteiger partial charge in [0.15, 0.2) is 0 Å². The number of aryl methyl sites for hydroxylation is 1. The summed E-state index contributed by atoms with van der Waals surface area (Å²) in [6, 6.07) is 4.21. The van der Waals surface area contributed by atoms with Crippen LogP contribution in [-0.4, -0.2) is 23.5 Å². The van der Waals surface area contributed by atoms with Crippen LogP contribution in [0, 0.1) is 24.6 Å². The Morgan fingerprint density at radius 2 is 2.05 bits per heavy atom. The first kappa shape index (κ1) is 15.5. The zero-order valence-electron chi connectivity index (χ0n) is 12.1. The Bertz CT molecular complexity index is 544. The maximum absolute atomic E-state index is 13.2. The van der Waals surface area contributed by atoms with Gasteiger partial charge in [-0.2, -0.15) is 0 Å². The van der Waals surface area contributed by atoms with Crippen LogP contribution in [0.3, 0.4) is 0 Å². The predicted molar refractivity (Wildman–Crippen MR) is 76.6 cm³/mol. The van der Waals surface area contributed by atoms with E-state index in [1.165, 1.54) is 18.2 Å². The molecule has 2 atom stereocenters. The Morgan fingerprint density at radius 3 is 2.71 bits per heavy atom. The Balaban J connectivity index is 1.96. The number of benzene rings is 1. The maximum atomic E-state index is 13.2. The summed E-state index contributed by atoms with van der Waals surface area (Å²) in [6.07, 6.45) is 3.42. The van der Waals surface area contributed by atoms with Gasteiger partial charge in [-0.3, -0.25) is 9.59 Å². The average Bonchev–Trinajstić information content (AvgIpc) is 2.47. The number of carboxylic acids is 1. The number of carbonyl (C=O) groups is 2. The minimum absolute atomic E-state index is 0.0262. The van der Waals surface area contributed by atoms with E-state index in [1.54, 1.807) is 6.92 Å². The molecule has 0 aromatic heterocycles. The van der Waals surface area contributed by atoms with Gasteiger partial charge in [-0.25, -0.2) is 4.39 Å². The van der Waals surface area contributed by atoms with E-state index < -0.39 is 5.97 Å². The van der Waals surface area contributed by atoms with Gasteiger partial charge in [-0.05, 0) is 49.4 Å². The van der Waals surface area contributed by atoms with Gasteiger partial charge in [-0.15, -0.1) is 0 Å². The topological polar surface area (TPSA) is 66.4 Å². The lowest BCUT2D eigenvalue weighted by atomic mass is 9.79. The molecule has 5 heteroatoms. The number of aliphatic carboxylic acids is 1. The van der Waals surface area contributed by atoms with Crippen LogP contribution in [0.25, 0.3) is 0 Å². The summed E-state index contributed by atoms with van der Waals surface area (Å²) in [7, 11) is 0. The van der Waals surface area contributed by atoms with Gasteiger partial charge < -0.3 is 10.4 Å². The number of amides is 1. The number of nitrogens with one attached hydrogen (secondary N) is 1. The first-order valence-corrected chi connectivity index (χ1v) is 7.26. The summed E-state index contributed by atoms with van der Waals surface area (Å²) in [5.74, 6) is -1.82. The van der Waals surface area contributed by atoms with Crippen molar-refractivity contribution in [2.45, 2.75) is 32.6 Å². The van der Waals surface area contributed by atoms with E-state index in [0.29, 0.717) is 24.1 Å². The van der Waals surface area contributed by atoms with Gasteiger partial charge in [0.25, 0.3) is 5.91 Å². The largest absolute Gasteiger partial charge is 0.481 e. The average molecular weight is 293 g/mol. The molecule has 1 aliphatic carbocycles. The second-order valence-electron chi connectivity index (χ2n) is 5.66. The van der Waals surface area contributed by atoms with Crippen LogP contribution >= 0.6 is 0 Å². The summed E-state index contributed by atoms with van der Waals surface area (Å²) in [5.41, 5.74) is 0.820. The number of carbonyl (C=O) groups excluding carboxylic acids is 1. The molecule has 1 amide bonds. The van der Waals surface area contributed by atoms with Crippen LogP contribution < -0.4 is 5.32 Å². The number of carboxylic acid groups (broad SMARTS) is 1. The number of halogens is 1. The molecule has 0 spiro atoms. The second-order valence-corrected chi connectivity index (χ2v) is 5.66. The molecule has 0 heterocycles. The van der Waals surface area contributed by atoms with Gasteiger partial charge in [0, 0.05) is 12.1 Å². The van der Waals surface area contributed by atoms with Gasteiger partial charge in [-0.1, -0.05) is 12.8 Å². The fourth-order valence-electron chi connectivity index (χ4n) is 2.89. The second kappa shape index (κ2) is 6.70. The zero-order chi connectivity index (χ0) is 15.4. The van der Waals surface area contributed by atoms with Crippen molar-refractivity contribution in [2.75, 3.05) is 6.54 Å². The van der Waals surface area contributed by atoms with Crippen molar-refractivity contribution in [3.8, 4) is 0 Å². The zero-order valence-corrected chi connectivity index (χ0v) is 12.1. The van der Waals surface area contributed by atoms with Crippen molar-refractivity contribution in [3.63, 3.8) is 0 Å².